The van der Waals surface area contributed by atoms with Gasteiger partial charge in [0.15, 0.2) is 0 Å². The molecule has 1 aromatic heterocycles. The number of nitrogens with one attached hydrogen (secondary N) is 1. The maximum absolute atomic E-state index is 12.6. The fourth-order valence-electron chi connectivity index (χ4n) is 3.86. The highest BCUT2D eigenvalue weighted by Crippen LogP contribution is 2.28. The number of benzene rings is 1. The summed E-state index contributed by atoms with van der Waals surface area (Å²) in [5.41, 5.74) is 12.9. The maximum Gasteiger partial charge on any atom is 0.228 e. The standard InChI is InChI=1S/C22H26N4O2/c1-13-8-19(24)11-20(28-13)15-2-3-16-12-25-21(10-17(16)9-15)26-22(27)14-4-6-18(23)7-5-14/h2-3,8-12,14,18-19H,4-7,23-24H2,1H3,(H,25,26,27)/t14?,18?,19-/m0/s1. The third kappa shape index (κ3) is 4.08. The molecule has 1 saturated carbocycles. The number of anilines is 1. The molecule has 28 heavy (non-hydrogen) atoms. The molecule has 4 rings (SSSR count). The smallest absolute Gasteiger partial charge is 0.228 e. The van der Waals surface area contributed by atoms with Gasteiger partial charge >= 0.3 is 0 Å². The van der Waals surface area contributed by atoms with Crippen molar-refractivity contribution in [2.24, 2.45) is 17.4 Å². The molecule has 6 nitrogen and oxygen atoms in total. The Kier molecular flexibility index (Phi) is 5.15. The highest BCUT2D eigenvalue weighted by atomic mass is 16.5. The predicted molar refractivity (Wildman–Crippen MR) is 111 cm³/mol. The first kappa shape index (κ1) is 18.7. The number of hydrogen-bond donors (Lipinski definition) is 3. The Balaban J connectivity index is 1.54. The van der Waals surface area contributed by atoms with Crippen molar-refractivity contribution in [3.05, 3.63) is 53.9 Å². The topological polar surface area (TPSA) is 103 Å². The Morgan fingerprint density at radius 3 is 2.64 bits per heavy atom. The highest BCUT2D eigenvalue weighted by molar-refractivity contribution is 5.94. The number of ether oxygens (including phenoxy) is 1. The lowest BCUT2D eigenvalue weighted by molar-refractivity contribution is -0.120. The van der Waals surface area contributed by atoms with Crippen molar-refractivity contribution in [1.29, 1.82) is 0 Å². The molecule has 2 aromatic rings. The van der Waals surface area contributed by atoms with Crippen molar-refractivity contribution < 1.29 is 9.53 Å². The van der Waals surface area contributed by atoms with E-state index >= 15 is 0 Å². The van der Waals surface area contributed by atoms with Crippen LogP contribution in [0.3, 0.4) is 0 Å². The number of amides is 1. The number of hydrogen-bond acceptors (Lipinski definition) is 5. The normalized spacial score (nSPS) is 24.9. The number of nitrogens with two attached hydrogens (primary N) is 2. The van der Waals surface area contributed by atoms with E-state index in [0.29, 0.717) is 5.82 Å². The molecule has 0 radical (unpaired) electrons. The predicted octanol–water partition coefficient (Wildman–Crippen LogP) is 3.29. The monoisotopic (exact) mass is 378 g/mol. The van der Waals surface area contributed by atoms with Crippen LogP contribution in [-0.4, -0.2) is 23.0 Å². The molecule has 1 fully saturated rings. The van der Waals surface area contributed by atoms with Crippen LogP contribution in [0.2, 0.25) is 0 Å². The summed E-state index contributed by atoms with van der Waals surface area (Å²) in [7, 11) is 0. The molecule has 0 spiro atoms. The zero-order valence-corrected chi connectivity index (χ0v) is 16.0. The number of allylic oxidation sites excluding steroid dienone is 1. The lowest BCUT2D eigenvalue weighted by Crippen LogP contribution is -2.32. The average molecular weight is 378 g/mol. The summed E-state index contributed by atoms with van der Waals surface area (Å²) in [5.74, 6) is 2.15. The van der Waals surface area contributed by atoms with Crippen molar-refractivity contribution in [2.75, 3.05) is 5.32 Å². The summed E-state index contributed by atoms with van der Waals surface area (Å²) in [6.45, 7) is 1.89. The van der Waals surface area contributed by atoms with E-state index in [9.17, 15) is 4.79 Å². The van der Waals surface area contributed by atoms with E-state index in [0.717, 1.165) is 53.5 Å². The molecule has 6 heteroatoms. The second-order valence-corrected chi connectivity index (χ2v) is 7.72. The number of aromatic nitrogens is 1. The molecule has 1 amide bonds. The van der Waals surface area contributed by atoms with Crippen LogP contribution >= 0.6 is 0 Å². The van der Waals surface area contributed by atoms with Crippen molar-refractivity contribution >= 4 is 28.3 Å². The number of rotatable bonds is 3. The third-order valence-corrected chi connectivity index (χ3v) is 5.44. The second-order valence-electron chi connectivity index (χ2n) is 7.72. The summed E-state index contributed by atoms with van der Waals surface area (Å²) < 4.78 is 5.82. The lowest BCUT2D eigenvalue weighted by atomic mass is 9.86. The fraction of sp³-hybridized carbons (Fsp3) is 0.364. The molecule has 0 unspecified atom stereocenters. The molecule has 146 valence electrons. The molecule has 1 aliphatic heterocycles. The summed E-state index contributed by atoms with van der Waals surface area (Å²) >= 11 is 0. The number of carbonyl (C=O) groups excluding carboxylic acids is 1. The van der Waals surface area contributed by atoms with Gasteiger partial charge in [0, 0.05) is 35.1 Å². The molecule has 1 atom stereocenters. The summed E-state index contributed by atoms with van der Waals surface area (Å²) in [6.07, 6.45) is 9.02. The van der Waals surface area contributed by atoms with Crippen LogP contribution in [0.5, 0.6) is 0 Å². The van der Waals surface area contributed by atoms with Gasteiger partial charge in [-0.1, -0.05) is 12.1 Å². The van der Waals surface area contributed by atoms with Crippen molar-refractivity contribution in [2.45, 2.75) is 44.7 Å². The van der Waals surface area contributed by atoms with Crippen LogP contribution in [-0.2, 0) is 9.53 Å². The largest absolute Gasteiger partial charge is 0.462 e. The van der Waals surface area contributed by atoms with Gasteiger partial charge in [0.2, 0.25) is 5.91 Å². The van der Waals surface area contributed by atoms with E-state index < -0.39 is 0 Å². The Bertz CT molecular complexity index is 958. The van der Waals surface area contributed by atoms with Gasteiger partial charge in [-0.2, -0.15) is 0 Å². The van der Waals surface area contributed by atoms with Gasteiger partial charge in [0.1, 0.15) is 11.6 Å². The SMILES string of the molecule is CC1=C[C@H](N)C=C(c2ccc3cnc(NC(=O)C4CCC(N)CC4)cc3c2)O1. The second kappa shape index (κ2) is 7.73. The first-order valence-electron chi connectivity index (χ1n) is 9.78. The zero-order valence-electron chi connectivity index (χ0n) is 16.0. The summed E-state index contributed by atoms with van der Waals surface area (Å²) in [4.78, 5) is 16.9. The minimum absolute atomic E-state index is 0.0145. The number of carbonyl (C=O) groups is 1. The van der Waals surface area contributed by atoms with Crippen molar-refractivity contribution in [3.8, 4) is 0 Å². The molecule has 5 N–H and O–H groups in total. The molecule has 0 saturated heterocycles. The molecular weight excluding hydrogens is 352 g/mol. The average Bonchev–Trinajstić information content (AvgIpc) is 2.67. The quantitative estimate of drug-likeness (QED) is 0.760. The highest BCUT2D eigenvalue weighted by Gasteiger charge is 2.24. The lowest BCUT2D eigenvalue weighted by Gasteiger charge is -2.25. The Labute approximate surface area is 164 Å². The summed E-state index contributed by atoms with van der Waals surface area (Å²) in [5, 5.41) is 4.95. The van der Waals surface area contributed by atoms with Gasteiger partial charge in [-0.3, -0.25) is 4.79 Å². The van der Waals surface area contributed by atoms with Gasteiger partial charge in [0.25, 0.3) is 0 Å². The molecule has 1 aromatic carbocycles. The van der Waals surface area contributed by atoms with Gasteiger partial charge < -0.3 is 21.5 Å². The van der Waals surface area contributed by atoms with Crippen molar-refractivity contribution in [3.63, 3.8) is 0 Å². The van der Waals surface area contributed by atoms with E-state index in [2.05, 4.69) is 10.3 Å². The van der Waals surface area contributed by atoms with E-state index in [1.807, 2.05) is 43.3 Å². The van der Waals surface area contributed by atoms with Crippen LogP contribution in [0.25, 0.3) is 16.5 Å². The van der Waals surface area contributed by atoms with Gasteiger partial charge in [-0.15, -0.1) is 0 Å². The molecule has 2 heterocycles. The molecular formula is C22H26N4O2. The van der Waals surface area contributed by atoms with Crippen LogP contribution in [0.15, 0.2) is 48.4 Å². The van der Waals surface area contributed by atoms with E-state index in [1.54, 1.807) is 6.20 Å². The van der Waals surface area contributed by atoms with Gasteiger partial charge in [-0.05, 0) is 62.3 Å². The number of nitrogens with zero attached hydrogens (tertiary/aromatic N) is 1. The molecule has 2 aliphatic rings. The number of fused-ring (bicyclic) bond motifs is 1. The Morgan fingerprint density at radius 2 is 1.89 bits per heavy atom. The van der Waals surface area contributed by atoms with Gasteiger partial charge in [0.05, 0.1) is 5.76 Å². The van der Waals surface area contributed by atoms with Crippen molar-refractivity contribution in [1.82, 2.24) is 4.98 Å². The minimum atomic E-state index is -0.157. The minimum Gasteiger partial charge on any atom is -0.462 e. The molecule has 1 aliphatic carbocycles. The zero-order chi connectivity index (χ0) is 19.7. The van der Waals surface area contributed by atoms with Crippen LogP contribution in [0.4, 0.5) is 5.82 Å². The first-order valence-corrected chi connectivity index (χ1v) is 9.78. The van der Waals surface area contributed by atoms with Gasteiger partial charge in [-0.25, -0.2) is 4.98 Å². The number of pyridine rings is 1. The summed E-state index contributed by atoms with van der Waals surface area (Å²) in [6, 6.07) is 7.99. The van der Waals surface area contributed by atoms with E-state index in [1.165, 1.54) is 0 Å². The first-order chi connectivity index (χ1) is 13.5. The van der Waals surface area contributed by atoms with E-state index in [4.69, 9.17) is 16.2 Å². The van der Waals surface area contributed by atoms with E-state index in [-0.39, 0.29) is 23.9 Å². The van der Waals surface area contributed by atoms with Crippen LogP contribution in [0.1, 0.15) is 38.2 Å². The Morgan fingerprint density at radius 1 is 1.11 bits per heavy atom. The fourth-order valence-corrected chi connectivity index (χ4v) is 3.86. The third-order valence-electron chi connectivity index (χ3n) is 5.44. The Hall–Kier alpha value is -2.70. The maximum atomic E-state index is 12.6. The molecule has 0 bridgehead atoms. The van der Waals surface area contributed by atoms with Crippen LogP contribution in [0, 0.1) is 5.92 Å². The van der Waals surface area contributed by atoms with Crippen LogP contribution < -0.4 is 16.8 Å².